The van der Waals surface area contributed by atoms with E-state index in [2.05, 4.69) is 6.92 Å². The maximum Gasteiger partial charge on any atom is 0.341 e. The SMILES string of the molecule is CCCCCCCCOc1ccc(C(=O)OCC)c(O)c1. The molecular weight excluding hydrogens is 268 g/mol. The van der Waals surface area contributed by atoms with Crippen LogP contribution in [0.2, 0.25) is 0 Å². The molecule has 4 nitrogen and oxygen atoms in total. The van der Waals surface area contributed by atoms with Crippen molar-refractivity contribution < 1.29 is 19.4 Å². The van der Waals surface area contributed by atoms with Gasteiger partial charge in [-0.2, -0.15) is 0 Å². The van der Waals surface area contributed by atoms with Crippen LogP contribution < -0.4 is 4.74 Å². The first-order valence-electron chi connectivity index (χ1n) is 7.82. The van der Waals surface area contributed by atoms with E-state index in [1.54, 1.807) is 13.0 Å². The lowest BCUT2D eigenvalue weighted by Crippen LogP contribution is -2.05. The van der Waals surface area contributed by atoms with Crippen LogP contribution >= 0.6 is 0 Å². The lowest BCUT2D eigenvalue weighted by atomic mass is 10.1. The van der Waals surface area contributed by atoms with Crippen molar-refractivity contribution in [3.05, 3.63) is 23.8 Å². The van der Waals surface area contributed by atoms with Crippen molar-refractivity contribution in [1.82, 2.24) is 0 Å². The van der Waals surface area contributed by atoms with Gasteiger partial charge in [-0.1, -0.05) is 39.0 Å². The number of carbonyl (C=O) groups is 1. The van der Waals surface area contributed by atoms with Gasteiger partial charge < -0.3 is 14.6 Å². The molecule has 21 heavy (non-hydrogen) atoms. The van der Waals surface area contributed by atoms with Gasteiger partial charge in [-0.3, -0.25) is 0 Å². The first kappa shape index (κ1) is 17.3. The molecule has 0 aliphatic carbocycles. The Bertz CT molecular complexity index is 429. The molecule has 0 atom stereocenters. The summed E-state index contributed by atoms with van der Waals surface area (Å²) in [6.07, 6.45) is 7.24. The lowest BCUT2D eigenvalue weighted by Gasteiger charge is -2.09. The molecule has 0 fully saturated rings. The number of ether oxygens (including phenoxy) is 2. The number of phenols is 1. The molecule has 0 saturated carbocycles. The van der Waals surface area contributed by atoms with E-state index in [4.69, 9.17) is 9.47 Å². The minimum atomic E-state index is -0.516. The van der Waals surface area contributed by atoms with Gasteiger partial charge >= 0.3 is 5.97 Å². The molecule has 1 rings (SSSR count). The molecule has 0 spiro atoms. The number of carbonyl (C=O) groups excluding carboxylic acids is 1. The normalized spacial score (nSPS) is 10.4. The van der Waals surface area contributed by atoms with E-state index >= 15 is 0 Å². The van der Waals surface area contributed by atoms with Gasteiger partial charge in [-0.15, -0.1) is 0 Å². The van der Waals surface area contributed by atoms with Gasteiger partial charge in [0, 0.05) is 6.07 Å². The zero-order chi connectivity index (χ0) is 15.5. The van der Waals surface area contributed by atoms with Crippen LogP contribution in [0.3, 0.4) is 0 Å². The molecule has 1 aromatic carbocycles. The third-order valence-corrected chi connectivity index (χ3v) is 3.23. The molecule has 0 bridgehead atoms. The fourth-order valence-electron chi connectivity index (χ4n) is 2.06. The van der Waals surface area contributed by atoms with Crippen LogP contribution in [0.25, 0.3) is 0 Å². The van der Waals surface area contributed by atoms with E-state index in [1.807, 2.05) is 0 Å². The fourth-order valence-corrected chi connectivity index (χ4v) is 2.06. The largest absolute Gasteiger partial charge is 0.507 e. The predicted octanol–water partition coefficient (Wildman–Crippen LogP) is 4.31. The van der Waals surface area contributed by atoms with E-state index < -0.39 is 5.97 Å². The third kappa shape index (κ3) is 6.52. The molecule has 1 aromatic rings. The maximum atomic E-state index is 11.5. The zero-order valence-electron chi connectivity index (χ0n) is 13.1. The van der Waals surface area contributed by atoms with E-state index in [9.17, 15) is 9.90 Å². The number of esters is 1. The molecule has 4 heteroatoms. The first-order chi connectivity index (χ1) is 10.2. The summed E-state index contributed by atoms with van der Waals surface area (Å²) >= 11 is 0. The number of benzene rings is 1. The number of rotatable bonds is 10. The second-order valence-electron chi connectivity index (χ2n) is 5.02. The lowest BCUT2D eigenvalue weighted by molar-refractivity contribution is 0.0523. The molecule has 0 aromatic heterocycles. The Labute approximate surface area is 127 Å². The van der Waals surface area contributed by atoms with Crippen molar-refractivity contribution in [1.29, 1.82) is 0 Å². The molecule has 0 saturated heterocycles. The molecule has 0 radical (unpaired) electrons. The van der Waals surface area contributed by atoms with Crippen LogP contribution in [-0.4, -0.2) is 24.3 Å². The van der Waals surface area contributed by atoms with Gasteiger partial charge in [0.05, 0.1) is 13.2 Å². The topological polar surface area (TPSA) is 55.8 Å². The molecule has 118 valence electrons. The van der Waals surface area contributed by atoms with Crippen LogP contribution in [0.4, 0.5) is 0 Å². The Morgan fingerprint density at radius 2 is 1.81 bits per heavy atom. The third-order valence-electron chi connectivity index (χ3n) is 3.23. The Kier molecular flexibility index (Phi) is 8.32. The predicted molar refractivity (Wildman–Crippen MR) is 82.9 cm³/mol. The summed E-state index contributed by atoms with van der Waals surface area (Å²) in [7, 11) is 0. The molecule has 0 heterocycles. The first-order valence-corrected chi connectivity index (χ1v) is 7.82. The summed E-state index contributed by atoms with van der Waals surface area (Å²) in [6.45, 7) is 4.85. The van der Waals surface area contributed by atoms with E-state index in [-0.39, 0.29) is 17.9 Å². The van der Waals surface area contributed by atoms with Crippen molar-refractivity contribution in [2.75, 3.05) is 13.2 Å². The molecule has 1 N–H and O–H groups in total. The van der Waals surface area contributed by atoms with Crippen LogP contribution in [-0.2, 0) is 4.74 Å². The summed E-state index contributed by atoms with van der Waals surface area (Å²) < 4.78 is 10.4. The Morgan fingerprint density at radius 1 is 1.10 bits per heavy atom. The minimum absolute atomic E-state index is 0.103. The highest BCUT2D eigenvalue weighted by molar-refractivity contribution is 5.92. The average Bonchev–Trinajstić information content (AvgIpc) is 2.46. The summed E-state index contributed by atoms with van der Waals surface area (Å²) in [6, 6.07) is 4.68. The van der Waals surface area contributed by atoms with Gasteiger partial charge in [0.25, 0.3) is 0 Å². The smallest absolute Gasteiger partial charge is 0.341 e. The van der Waals surface area contributed by atoms with Crippen LogP contribution in [0.1, 0.15) is 62.7 Å². The van der Waals surface area contributed by atoms with Crippen LogP contribution in [0.15, 0.2) is 18.2 Å². The Hall–Kier alpha value is -1.71. The van der Waals surface area contributed by atoms with E-state index in [0.29, 0.717) is 12.4 Å². The Morgan fingerprint density at radius 3 is 2.48 bits per heavy atom. The highest BCUT2D eigenvalue weighted by atomic mass is 16.5. The fraction of sp³-hybridized carbons (Fsp3) is 0.588. The number of unbranched alkanes of at least 4 members (excludes halogenated alkanes) is 5. The van der Waals surface area contributed by atoms with Crippen molar-refractivity contribution in [2.24, 2.45) is 0 Å². The summed E-state index contributed by atoms with van der Waals surface area (Å²) in [5.41, 5.74) is 0.170. The molecule has 0 aliphatic heterocycles. The van der Waals surface area contributed by atoms with Crippen LogP contribution in [0.5, 0.6) is 11.5 Å². The van der Waals surface area contributed by atoms with E-state index in [0.717, 1.165) is 12.8 Å². The monoisotopic (exact) mass is 294 g/mol. The second kappa shape index (κ2) is 10.1. The quantitative estimate of drug-likeness (QED) is 0.516. The van der Waals surface area contributed by atoms with E-state index in [1.165, 1.54) is 37.8 Å². The van der Waals surface area contributed by atoms with Gasteiger partial charge in [-0.05, 0) is 25.5 Å². The molecular formula is C17H26O4. The van der Waals surface area contributed by atoms with Crippen molar-refractivity contribution >= 4 is 5.97 Å². The minimum Gasteiger partial charge on any atom is -0.507 e. The number of aromatic hydroxyl groups is 1. The maximum absolute atomic E-state index is 11.5. The number of phenolic OH excluding ortho intramolecular Hbond substituents is 1. The van der Waals surface area contributed by atoms with Gasteiger partial charge in [0.1, 0.15) is 17.1 Å². The van der Waals surface area contributed by atoms with Gasteiger partial charge in [-0.25, -0.2) is 4.79 Å². The average molecular weight is 294 g/mol. The number of hydrogen-bond donors (Lipinski definition) is 1. The highest BCUT2D eigenvalue weighted by Gasteiger charge is 2.12. The van der Waals surface area contributed by atoms with Crippen LogP contribution in [0, 0.1) is 0 Å². The molecule has 0 unspecified atom stereocenters. The molecule has 0 amide bonds. The van der Waals surface area contributed by atoms with Gasteiger partial charge in [0.15, 0.2) is 0 Å². The summed E-state index contributed by atoms with van der Waals surface area (Å²) in [4.78, 5) is 11.5. The Balaban J connectivity index is 2.33. The van der Waals surface area contributed by atoms with Crippen molar-refractivity contribution in [3.8, 4) is 11.5 Å². The highest BCUT2D eigenvalue weighted by Crippen LogP contribution is 2.24. The van der Waals surface area contributed by atoms with Crippen molar-refractivity contribution in [2.45, 2.75) is 52.4 Å². The van der Waals surface area contributed by atoms with Gasteiger partial charge in [0.2, 0.25) is 0 Å². The molecule has 0 aliphatic rings. The summed E-state index contributed by atoms with van der Waals surface area (Å²) in [5.74, 6) is -0.0412. The summed E-state index contributed by atoms with van der Waals surface area (Å²) in [5, 5.41) is 9.81. The second-order valence-corrected chi connectivity index (χ2v) is 5.02. The zero-order valence-corrected chi connectivity index (χ0v) is 13.1. The van der Waals surface area contributed by atoms with Crippen molar-refractivity contribution in [3.63, 3.8) is 0 Å². The number of hydrogen-bond acceptors (Lipinski definition) is 4. The standard InChI is InChI=1S/C17H26O4/c1-3-5-6-7-8-9-12-21-14-10-11-15(16(18)13-14)17(19)20-4-2/h10-11,13,18H,3-9,12H2,1-2H3.